The number of hydrogen-bond acceptors (Lipinski definition) is 7. The minimum atomic E-state index is -0.624. The van der Waals surface area contributed by atoms with Crippen LogP contribution < -0.4 is 5.32 Å². The summed E-state index contributed by atoms with van der Waals surface area (Å²) in [4.78, 5) is 5.49. The van der Waals surface area contributed by atoms with Crippen LogP contribution in [0.4, 0.5) is 0 Å². The van der Waals surface area contributed by atoms with E-state index in [0.29, 0.717) is 10.9 Å². The van der Waals surface area contributed by atoms with Crippen molar-refractivity contribution in [2.45, 2.75) is 57.0 Å². The van der Waals surface area contributed by atoms with Gasteiger partial charge in [-0.2, -0.15) is 0 Å². The first-order valence-corrected chi connectivity index (χ1v) is 11.3. The van der Waals surface area contributed by atoms with E-state index in [1.165, 1.54) is 11.3 Å². The Balaban J connectivity index is 1.40. The van der Waals surface area contributed by atoms with Gasteiger partial charge >= 0.3 is 0 Å². The number of ether oxygens (including phenoxy) is 1. The largest absolute Gasteiger partial charge is 0.386 e. The molecule has 0 saturated carbocycles. The molecule has 5 heterocycles. The number of nitrogens with zero attached hydrogens (tertiary/aromatic N) is 4. The minimum absolute atomic E-state index is 0.00237. The molecule has 2 aliphatic rings. The molecule has 1 spiro atoms. The Morgan fingerprint density at radius 1 is 1.40 bits per heavy atom. The minimum Gasteiger partial charge on any atom is -0.386 e. The molecule has 0 radical (unpaired) electrons. The molecule has 4 atom stereocenters. The van der Waals surface area contributed by atoms with E-state index in [2.05, 4.69) is 27.5 Å². The summed E-state index contributed by atoms with van der Waals surface area (Å²) in [6.07, 6.45) is 4.75. The van der Waals surface area contributed by atoms with Crippen molar-refractivity contribution < 1.29 is 9.84 Å². The number of rotatable bonds is 3. The van der Waals surface area contributed by atoms with Gasteiger partial charge < -0.3 is 15.2 Å². The lowest BCUT2D eigenvalue weighted by atomic mass is 9.79. The summed E-state index contributed by atoms with van der Waals surface area (Å²) >= 11 is 7.81. The molecule has 1 saturated heterocycles. The van der Waals surface area contributed by atoms with E-state index < -0.39 is 11.7 Å². The summed E-state index contributed by atoms with van der Waals surface area (Å²) in [6, 6.07) is 6.15. The second kappa shape index (κ2) is 7.69. The van der Waals surface area contributed by atoms with E-state index in [1.807, 2.05) is 42.2 Å². The van der Waals surface area contributed by atoms with Crippen molar-refractivity contribution >= 4 is 22.9 Å². The molecule has 1 fully saturated rings. The lowest BCUT2D eigenvalue weighted by Gasteiger charge is -2.46. The van der Waals surface area contributed by atoms with Crippen LogP contribution in [0.5, 0.6) is 0 Å². The van der Waals surface area contributed by atoms with Gasteiger partial charge in [0, 0.05) is 29.1 Å². The monoisotopic (exact) mass is 445 g/mol. The van der Waals surface area contributed by atoms with Crippen molar-refractivity contribution in [2.24, 2.45) is 0 Å². The average molecular weight is 446 g/mol. The van der Waals surface area contributed by atoms with Gasteiger partial charge in [0.15, 0.2) is 0 Å². The van der Waals surface area contributed by atoms with Crippen LogP contribution in [-0.2, 0) is 16.9 Å². The summed E-state index contributed by atoms with van der Waals surface area (Å²) < 4.78 is 8.79. The summed E-state index contributed by atoms with van der Waals surface area (Å²) in [6.45, 7) is 5.03. The fourth-order valence-electron chi connectivity index (χ4n) is 4.54. The van der Waals surface area contributed by atoms with Gasteiger partial charge in [0.05, 0.1) is 41.1 Å². The Morgan fingerprint density at radius 3 is 3.07 bits per heavy atom. The Labute approximate surface area is 184 Å². The van der Waals surface area contributed by atoms with Crippen molar-refractivity contribution in [3.05, 3.63) is 62.3 Å². The van der Waals surface area contributed by atoms with E-state index in [0.717, 1.165) is 40.2 Å². The van der Waals surface area contributed by atoms with Crippen LogP contribution in [0, 0.1) is 6.92 Å². The first kappa shape index (κ1) is 20.1. The molecule has 0 bridgehead atoms. The molecule has 2 N–H and O–H groups in total. The zero-order valence-corrected chi connectivity index (χ0v) is 18.5. The van der Waals surface area contributed by atoms with Crippen molar-refractivity contribution in [1.29, 1.82) is 0 Å². The molecule has 30 heavy (non-hydrogen) atoms. The van der Waals surface area contributed by atoms with Crippen molar-refractivity contribution in [1.82, 2.24) is 25.3 Å². The Bertz CT molecular complexity index is 1050. The van der Waals surface area contributed by atoms with Crippen LogP contribution in [-0.4, -0.2) is 37.7 Å². The number of hydrogen-bond donors (Lipinski definition) is 2. The van der Waals surface area contributed by atoms with Crippen LogP contribution in [0.3, 0.4) is 0 Å². The summed E-state index contributed by atoms with van der Waals surface area (Å²) in [5.41, 5.74) is 3.39. The Hall–Kier alpha value is -1.84. The Kier molecular flexibility index (Phi) is 5.15. The van der Waals surface area contributed by atoms with E-state index in [-0.39, 0.29) is 18.7 Å². The van der Waals surface area contributed by atoms with Crippen molar-refractivity contribution in [2.75, 3.05) is 6.61 Å². The number of pyridine rings is 1. The zero-order chi connectivity index (χ0) is 20.9. The standard InChI is InChI=1S/C21H24ClN5O2S/c1-12-3-4-14(23-8-12)9-27-10-17(25-26-27)16-7-21(6-13(2)24-16)20-15(5-19(22)30-20)18(28)11-29-21/h3-5,8,10,13,16,18,24,28H,6-7,9,11H2,1-2H3/t13-,16-,18+,21-/m0/s1. The molecule has 3 aromatic heterocycles. The van der Waals surface area contributed by atoms with Gasteiger partial charge in [-0.25, -0.2) is 4.68 Å². The first-order valence-electron chi connectivity index (χ1n) is 10.1. The molecule has 0 aromatic carbocycles. The molecule has 2 aliphatic heterocycles. The third-order valence-electron chi connectivity index (χ3n) is 5.89. The molecule has 7 nitrogen and oxygen atoms in total. The van der Waals surface area contributed by atoms with E-state index >= 15 is 0 Å². The van der Waals surface area contributed by atoms with Crippen molar-refractivity contribution in [3.8, 4) is 0 Å². The highest BCUT2D eigenvalue weighted by Gasteiger charge is 2.48. The lowest BCUT2D eigenvalue weighted by molar-refractivity contribution is -0.129. The van der Waals surface area contributed by atoms with Crippen LogP contribution in [0.2, 0.25) is 4.34 Å². The maximum atomic E-state index is 10.4. The predicted octanol–water partition coefficient (Wildman–Crippen LogP) is 3.52. The molecule has 0 aliphatic carbocycles. The quantitative estimate of drug-likeness (QED) is 0.641. The zero-order valence-electron chi connectivity index (χ0n) is 16.9. The van der Waals surface area contributed by atoms with Gasteiger partial charge in [0.25, 0.3) is 0 Å². The molecule has 0 amide bonds. The average Bonchev–Trinajstić information content (AvgIpc) is 3.34. The predicted molar refractivity (Wildman–Crippen MR) is 115 cm³/mol. The molecule has 5 rings (SSSR count). The highest BCUT2D eigenvalue weighted by atomic mass is 35.5. The number of aromatic nitrogens is 4. The smallest absolute Gasteiger partial charge is 0.106 e. The van der Waals surface area contributed by atoms with Gasteiger partial charge in [-0.05, 0) is 38.0 Å². The highest BCUT2D eigenvalue weighted by Crippen LogP contribution is 2.51. The number of aryl methyl sites for hydroxylation is 1. The number of piperidine rings is 1. The maximum Gasteiger partial charge on any atom is 0.106 e. The van der Waals surface area contributed by atoms with Gasteiger partial charge in [0.1, 0.15) is 11.7 Å². The third-order valence-corrected chi connectivity index (χ3v) is 7.35. The van der Waals surface area contributed by atoms with Gasteiger partial charge in [0.2, 0.25) is 0 Å². The SMILES string of the molecule is Cc1ccc(Cn2cc([C@@H]3C[C@]4(C[C@H](C)N3)OC[C@@H](O)c3cc(Cl)sc34)nn2)nc1. The molecule has 158 valence electrons. The molecular formula is C21H24ClN5O2S. The fraction of sp³-hybridized carbons (Fsp3) is 0.476. The van der Waals surface area contributed by atoms with Crippen LogP contribution >= 0.6 is 22.9 Å². The second-order valence-corrected chi connectivity index (χ2v) is 10.0. The molecule has 9 heteroatoms. The van der Waals surface area contributed by atoms with Gasteiger partial charge in [-0.3, -0.25) is 4.98 Å². The van der Waals surface area contributed by atoms with Crippen LogP contribution in [0.1, 0.15) is 59.3 Å². The number of halogens is 1. The van der Waals surface area contributed by atoms with E-state index in [9.17, 15) is 5.11 Å². The molecular weight excluding hydrogens is 422 g/mol. The third kappa shape index (κ3) is 3.67. The number of fused-ring (bicyclic) bond motifs is 2. The number of aliphatic hydroxyl groups is 1. The lowest BCUT2D eigenvalue weighted by Crippen LogP contribution is -2.50. The van der Waals surface area contributed by atoms with Crippen molar-refractivity contribution in [3.63, 3.8) is 0 Å². The second-order valence-electron chi connectivity index (χ2n) is 8.35. The number of aliphatic hydroxyl groups excluding tert-OH is 1. The Morgan fingerprint density at radius 2 is 2.27 bits per heavy atom. The number of thiophene rings is 1. The normalized spacial score (nSPS) is 28.6. The summed E-state index contributed by atoms with van der Waals surface area (Å²) in [5.74, 6) is 0. The molecule has 0 unspecified atom stereocenters. The van der Waals surface area contributed by atoms with Crippen LogP contribution in [0.15, 0.2) is 30.6 Å². The topological polar surface area (TPSA) is 85.1 Å². The highest BCUT2D eigenvalue weighted by molar-refractivity contribution is 7.16. The first-order chi connectivity index (χ1) is 14.4. The van der Waals surface area contributed by atoms with Crippen LogP contribution in [0.25, 0.3) is 0 Å². The van der Waals surface area contributed by atoms with E-state index in [1.54, 1.807) is 0 Å². The van der Waals surface area contributed by atoms with E-state index in [4.69, 9.17) is 16.3 Å². The number of nitrogens with one attached hydrogen (secondary N) is 1. The molecule has 3 aromatic rings. The van der Waals surface area contributed by atoms with Gasteiger partial charge in [-0.15, -0.1) is 16.4 Å². The fourth-order valence-corrected chi connectivity index (χ4v) is 6.00. The summed E-state index contributed by atoms with van der Waals surface area (Å²) in [5, 5.41) is 22.8. The van der Waals surface area contributed by atoms with Gasteiger partial charge in [-0.1, -0.05) is 22.9 Å². The maximum absolute atomic E-state index is 10.4. The summed E-state index contributed by atoms with van der Waals surface area (Å²) in [7, 11) is 0.